The normalized spacial score (nSPS) is 12.7. The minimum atomic E-state index is -5.12. The number of hydrogen-bond donors (Lipinski definition) is 4. The molecule has 0 amide bonds. The van der Waals surface area contributed by atoms with Crippen molar-refractivity contribution in [2.75, 3.05) is 16.8 Å². The average molecular weight is 495 g/mol. The fraction of sp³-hybridized carbons (Fsp3) is 0. The zero-order valence-corrected chi connectivity index (χ0v) is 20.7. The van der Waals surface area contributed by atoms with Gasteiger partial charge in [0, 0.05) is 16.8 Å². The summed E-state index contributed by atoms with van der Waals surface area (Å²) in [6.07, 6.45) is 0. The predicted molar refractivity (Wildman–Crippen MR) is 115 cm³/mol. The van der Waals surface area contributed by atoms with Crippen LogP contribution in [0.5, 0.6) is 0 Å². The van der Waals surface area contributed by atoms with Gasteiger partial charge in [-0.25, -0.2) is 16.8 Å². The Kier molecular flexibility index (Phi) is 6.71. The largest absolute Gasteiger partial charge is 1.00 e. The van der Waals surface area contributed by atoms with Crippen LogP contribution >= 0.6 is 0 Å². The van der Waals surface area contributed by atoms with Gasteiger partial charge < -0.3 is 21.3 Å². The predicted octanol–water partition coefficient (Wildman–Crippen LogP) is -1.75. The summed E-state index contributed by atoms with van der Waals surface area (Å²) in [7, 11) is -8.17. The van der Waals surface area contributed by atoms with Crippen LogP contribution in [0.4, 0.5) is 22.7 Å². The van der Waals surface area contributed by atoms with E-state index in [1.54, 1.807) is 6.07 Å². The molecule has 1 aliphatic carbocycles. The van der Waals surface area contributed by atoms with Gasteiger partial charge in [-0.2, -0.15) is 0 Å². The molecule has 33 heavy (non-hydrogen) atoms. The fourth-order valence-corrected chi connectivity index (χ4v) is 4.70. The Morgan fingerprint density at radius 2 is 1.45 bits per heavy atom. The number of carbonyl (C=O) groups excluding carboxylic acids is 2. The molecule has 0 aromatic heterocycles. The maximum atomic E-state index is 13.2. The van der Waals surface area contributed by atoms with Crippen molar-refractivity contribution < 1.29 is 60.5 Å². The zero-order valence-electron chi connectivity index (χ0n) is 17.0. The van der Waals surface area contributed by atoms with Gasteiger partial charge in [-0.1, -0.05) is 24.3 Å². The van der Waals surface area contributed by atoms with Gasteiger partial charge in [0.15, 0.2) is 22.3 Å². The number of ketones is 2. The van der Waals surface area contributed by atoms with Crippen LogP contribution < -0.4 is 46.3 Å². The molecule has 0 unspecified atom stereocenters. The third kappa shape index (κ3) is 4.28. The second-order valence-electron chi connectivity index (χ2n) is 6.90. The number of thiol groups is 1. The minimum Gasteiger partial charge on any atom is -0.744 e. The van der Waals surface area contributed by atoms with Crippen LogP contribution in [0.15, 0.2) is 58.3 Å². The quantitative estimate of drug-likeness (QED) is 0.109. The smallest absolute Gasteiger partial charge is 0.744 e. The Labute approximate surface area is 212 Å². The van der Waals surface area contributed by atoms with E-state index in [1.807, 2.05) is 0 Å². The SMILES string of the molecule is Nc1ccc(Nc2cc(S(=O)(=O)[O-])c(N)c3c2C(=O)c2ccccc2C3=O)cc1[SH](=O)=O.[Na+]. The van der Waals surface area contributed by atoms with E-state index in [4.69, 9.17) is 11.5 Å². The number of rotatable bonds is 4. The molecule has 0 radical (unpaired) electrons. The van der Waals surface area contributed by atoms with E-state index >= 15 is 0 Å². The van der Waals surface area contributed by atoms with Gasteiger partial charge in [0.2, 0.25) is 0 Å². The second kappa shape index (κ2) is 8.89. The molecule has 10 nitrogen and oxygen atoms in total. The number of hydrogen-bond acceptors (Lipinski definition) is 10. The minimum absolute atomic E-state index is 0. The molecule has 0 heterocycles. The van der Waals surface area contributed by atoms with Gasteiger partial charge >= 0.3 is 29.6 Å². The van der Waals surface area contributed by atoms with Crippen molar-refractivity contribution in [2.45, 2.75) is 9.79 Å². The van der Waals surface area contributed by atoms with Crippen LogP contribution in [-0.2, 0) is 20.8 Å². The van der Waals surface area contributed by atoms with Crippen molar-refractivity contribution in [3.8, 4) is 0 Å². The molecule has 3 aromatic rings. The van der Waals surface area contributed by atoms with Gasteiger partial charge in [0.05, 0.1) is 38.0 Å². The van der Waals surface area contributed by atoms with Gasteiger partial charge in [-0.3, -0.25) is 9.59 Å². The first kappa shape index (κ1) is 24.9. The molecule has 0 atom stereocenters. The summed E-state index contributed by atoms with van der Waals surface area (Å²) in [5, 5.41) is 2.72. The fourth-order valence-electron chi connectivity index (χ4n) is 3.53. The van der Waals surface area contributed by atoms with Crippen molar-refractivity contribution in [1.29, 1.82) is 0 Å². The summed E-state index contributed by atoms with van der Waals surface area (Å²) in [5.41, 5.74) is 10.2. The van der Waals surface area contributed by atoms with Crippen molar-refractivity contribution >= 4 is 55.1 Å². The van der Waals surface area contributed by atoms with Crippen LogP contribution in [0.25, 0.3) is 0 Å². The van der Waals surface area contributed by atoms with Crippen LogP contribution in [0.3, 0.4) is 0 Å². The maximum absolute atomic E-state index is 13.2. The Balaban J connectivity index is 0.00000306. The van der Waals surface area contributed by atoms with Crippen molar-refractivity contribution in [2.24, 2.45) is 0 Å². The number of anilines is 4. The first-order chi connectivity index (χ1) is 15.0. The molecular formula is C20H14N3NaO7S2. The van der Waals surface area contributed by atoms with Crippen LogP contribution in [0, 0.1) is 0 Å². The number of carbonyl (C=O) groups is 2. The Morgan fingerprint density at radius 1 is 0.879 bits per heavy atom. The Hall–Kier alpha value is -2.74. The van der Waals surface area contributed by atoms with E-state index in [2.05, 4.69) is 5.32 Å². The molecule has 4 rings (SSSR count). The van der Waals surface area contributed by atoms with E-state index in [0.717, 1.165) is 12.1 Å². The molecule has 0 fully saturated rings. The molecule has 5 N–H and O–H groups in total. The third-order valence-corrected chi connectivity index (χ3v) is 6.63. The molecule has 0 spiro atoms. The van der Waals surface area contributed by atoms with Gasteiger partial charge in [-0.15, -0.1) is 0 Å². The van der Waals surface area contributed by atoms with E-state index in [-0.39, 0.29) is 68.2 Å². The summed E-state index contributed by atoms with van der Waals surface area (Å²) in [5.74, 6) is -1.34. The van der Waals surface area contributed by atoms with E-state index in [0.29, 0.717) is 0 Å². The van der Waals surface area contributed by atoms with Gasteiger partial charge in [0.25, 0.3) is 0 Å². The summed E-state index contributed by atoms with van der Waals surface area (Å²) < 4.78 is 58.3. The topological polar surface area (TPSA) is 190 Å². The first-order valence-electron chi connectivity index (χ1n) is 8.92. The molecule has 0 bridgehead atoms. The molecule has 1 aliphatic rings. The molecule has 0 saturated carbocycles. The Morgan fingerprint density at radius 3 is 2.00 bits per heavy atom. The monoisotopic (exact) mass is 495 g/mol. The molecule has 0 aliphatic heterocycles. The first-order valence-corrected chi connectivity index (χ1v) is 11.5. The van der Waals surface area contributed by atoms with Crippen molar-refractivity contribution in [1.82, 2.24) is 0 Å². The molecule has 0 saturated heterocycles. The van der Waals surface area contributed by atoms with Gasteiger partial charge in [-0.05, 0) is 24.3 Å². The summed E-state index contributed by atoms with van der Waals surface area (Å²) in [6.45, 7) is 0. The average Bonchev–Trinajstić information content (AvgIpc) is 2.73. The standard InChI is InChI=1S/C20H15N3O7S2.Na/c21-12-6-5-9(7-14(12)31(26)27)23-13-8-15(32(28,29)30)18(22)17-16(13)19(24)10-3-1-2-4-11(10)20(17)25;/h1-8,23,31H,21-22H2,(H,28,29,30);/q;+1/p-1. The van der Waals surface area contributed by atoms with E-state index in [1.165, 1.54) is 30.3 Å². The summed E-state index contributed by atoms with van der Waals surface area (Å²) in [6, 6.07) is 10.6. The van der Waals surface area contributed by atoms with Crippen LogP contribution in [0.1, 0.15) is 31.8 Å². The number of nitrogen functional groups attached to an aromatic ring is 2. The number of nitrogens with two attached hydrogens (primary N) is 2. The zero-order chi connectivity index (χ0) is 23.4. The molecule has 3 aromatic carbocycles. The van der Waals surface area contributed by atoms with Crippen LogP contribution in [0.2, 0.25) is 0 Å². The Bertz CT molecular complexity index is 1520. The second-order valence-corrected chi connectivity index (χ2v) is 9.24. The van der Waals surface area contributed by atoms with E-state index in [9.17, 15) is 31.0 Å². The number of nitrogens with one attached hydrogen (secondary N) is 1. The number of benzene rings is 3. The van der Waals surface area contributed by atoms with Gasteiger partial charge in [0.1, 0.15) is 10.1 Å². The maximum Gasteiger partial charge on any atom is 1.00 e. The van der Waals surface area contributed by atoms with Crippen LogP contribution in [-0.4, -0.2) is 33.0 Å². The van der Waals surface area contributed by atoms with E-state index < -0.39 is 48.5 Å². The summed E-state index contributed by atoms with van der Waals surface area (Å²) >= 11 is 0. The molecule has 13 heteroatoms. The molecular weight excluding hydrogens is 481 g/mol. The van der Waals surface area contributed by atoms with Crippen molar-refractivity contribution in [3.05, 3.63) is 70.8 Å². The third-order valence-electron chi connectivity index (χ3n) is 4.98. The molecule has 164 valence electrons. The number of fused-ring (bicyclic) bond motifs is 2. The summed E-state index contributed by atoms with van der Waals surface area (Å²) in [4.78, 5) is 25.2. The van der Waals surface area contributed by atoms with Crippen molar-refractivity contribution in [3.63, 3.8) is 0 Å².